The number of anilines is 1. The average molecular weight is 835 g/mol. The molecule has 0 amide bonds. The van der Waals surface area contributed by atoms with Crippen molar-refractivity contribution in [3.8, 4) is 0 Å². The normalized spacial score (nSPS) is 18.9. The molecular weight excluding hydrogens is 786 g/mol. The number of aromatic nitrogens is 1. The molecule has 302 valence electrons. The van der Waals surface area contributed by atoms with Crippen molar-refractivity contribution >= 4 is 60.6 Å². The molecule has 0 fully saturated rings. The van der Waals surface area contributed by atoms with Crippen molar-refractivity contribution in [2.75, 3.05) is 23.0 Å². The molecule has 0 bridgehead atoms. The van der Waals surface area contributed by atoms with E-state index in [0.717, 1.165) is 56.3 Å². The van der Waals surface area contributed by atoms with Gasteiger partial charge in [-0.3, -0.25) is 9.11 Å². The van der Waals surface area contributed by atoms with E-state index in [0.29, 0.717) is 56.6 Å². The van der Waals surface area contributed by atoms with E-state index in [1.54, 1.807) is 24.4 Å². The number of carboxylic acids is 1. The van der Waals surface area contributed by atoms with Gasteiger partial charge in [-0.1, -0.05) is 67.9 Å². The third-order valence-corrected chi connectivity index (χ3v) is 12.9. The molecule has 0 unspecified atom stereocenters. The first kappa shape index (κ1) is 42.2. The summed E-state index contributed by atoms with van der Waals surface area (Å²) in [5.41, 5.74) is 8.16. The number of carbonyl (C=O) groups is 1. The topological polar surface area (TPSA) is 166 Å². The fourth-order valence-corrected chi connectivity index (χ4v) is 9.46. The Balaban J connectivity index is 1.37. The van der Waals surface area contributed by atoms with Gasteiger partial charge in [0.25, 0.3) is 20.2 Å². The van der Waals surface area contributed by atoms with Crippen LogP contribution in [0.4, 0.5) is 11.5 Å². The van der Waals surface area contributed by atoms with Gasteiger partial charge >= 0.3 is 11.8 Å². The van der Waals surface area contributed by atoms with Gasteiger partial charge in [0.1, 0.15) is 6.20 Å². The van der Waals surface area contributed by atoms with Gasteiger partial charge in [0, 0.05) is 23.3 Å². The minimum absolute atomic E-state index is 0.186. The molecular formula is C43H49ClN3O8S2+. The molecule has 57 heavy (non-hydrogen) atoms. The summed E-state index contributed by atoms with van der Waals surface area (Å²) in [5, 5.41) is 10.4. The third-order valence-electron chi connectivity index (χ3n) is 11.1. The Morgan fingerprint density at radius 1 is 0.860 bits per heavy atom. The molecule has 6 rings (SSSR count). The van der Waals surface area contributed by atoms with Crippen molar-refractivity contribution < 1.29 is 40.4 Å². The molecule has 0 saturated carbocycles. The van der Waals surface area contributed by atoms with Crippen LogP contribution in [0.3, 0.4) is 0 Å². The fourth-order valence-electron chi connectivity index (χ4n) is 8.10. The van der Waals surface area contributed by atoms with Crippen molar-refractivity contribution in [3.63, 3.8) is 0 Å². The van der Waals surface area contributed by atoms with Gasteiger partial charge in [0.2, 0.25) is 0 Å². The number of rotatable bonds is 15. The smallest absolute Gasteiger partial charge is 0.335 e. The van der Waals surface area contributed by atoms with Crippen LogP contribution in [-0.4, -0.2) is 60.8 Å². The SMILES string of the molecule is CC1(C)C(=CC=C2CCC(C=CC3=Nc4c(cc(Cl)c[n+]4CCCCS(=O)(=O)O)C3(C)C)=C2c2cccc(C(=O)O)c2)N(CCCCS(=O)(=O)O)c2ccccc21. The lowest BCUT2D eigenvalue weighted by Crippen LogP contribution is -2.35. The van der Waals surface area contributed by atoms with E-state index >= 15 is 0 Å². The second kappa shape index (κ2) is 16.5. The molecule has 2 aromatic carbocycles. The Bertz CT molecular complexity index is 2480. The van der Waals surface area contributed by atoms with E-state index in [4.69, 9.17) is 21.1 Å². The highest BCUT2D eigenvalue weighted by atomic mass is 35.5. The summed E-state index contributed by atoms with van der Waals surface area (Å²) in [6, 6.07) is 17.1. The average Bonchev–Trinajstić information content (AvgIpc) is 3.72. The molecule has 0 radical (unpaired) electrons. The highest BCUT2D eigenvalue weighted by molar-refractivity contribution is 7.86. The van der Waals surface area contributed by atoms with Crippen molar-refractivity contribution in [1.29, 1.82) is 0 Å². The first-order valence-corrected chi connectivity index (χ1v) is 22.6. The first-order valence-electron chi connectivity index (χ1n) is 19.0. The van der Waals surface area contributed by atoms with Crippen LogP contribution < -0.4 is 9.47 Å². The Labute approximate surface area is 340 Å². The van der Waals surface area contributed by atoms with Crippen LogP contribution in [0, 0.1) is 0 Å². The number of unbranched alkanes of at least 4 members (excludes halogenated alkanes) is 2. The largest absolute Gasteiger partial charge is 0.478 e. The number of pyridine rings is 1. The zero-order valence-corrected chi connectivity index (χ0v) is 35.0. The molecule has 3 N–H and O–H groups in total. The van der Waals surface area contributed by atoms with E-state index in [9.17, 15) is 31.3 Å². The van der Waals surface area contributed by atoms with Gasteiger partial charge in [0.15, 0.2) is 5.71 Å². The van der Waals surface area contributed by atoms with Crippen molar-refractivity contribution in [2.24, 2.45) is 4.99 Å². The molecule has 0 spiro atoms. The molecule has 3 heterocycles. The molecule has 3 aliphatic rings. The number of para-hydroxylation sites is 1. The molecule has 11 nitrogen and oxygen atoms in total. The highest BCUT2D eigenvalue weighted by Gasteiger charge is 2.43. The lowest BCUT2D eigenvalue weighted by Gasteiger charge is -2.27. The number of allylic oxidation sites excluding steroid dienone is 8. The summed E-state index contributed by atoms with van der Waals surface area (Å²) < 4.78 is 65.8. The molecule has 14 heteroatoms. The van der Waals surface area contributed by atoms with Crippen molar-refractivity contribution in [1.82, 2.24) is 0 Å². The lowest BCUT2D eigenvalue weighted by atomic mass is 9.82. The van der Waals surface area contributed by atoms with Crippen LogP contribution in [0.1, 0.15) is 93.3 Å². The van der Waals surface area contributed by atoms with Gasteiger partial charge < -0.3 is 10.0 Å². The van der Waals surface area contributed by atoms with E-state index < -0.39 is 31.6 Å². The summed E-state index contributed by atoms with van der Waals surface area (Å²) in [6.45, 7) is 9.53. The molecule has 3 aromatic rings. The number of hydrogen-bond acceptors (Lipinski definition) is 7. The van der Waals surface area contributed by atoms with E-state index in [2.05, 4.69) is 63.0 Å². The summed E-state index contributed by atoms with van der Waals surface area (Å²) in [7, 11) is -8.11. The van der Waals surface area contributed by atoms with Gasteiger partial charge in [-0.15, -0.1) is 0 Å². The van der Waals surface area contributed by atoms with Gasteiger partial charge in [0.05, 0.1) is 39.6 Å². The number of hydrogen-bond donors (Lipinski definition) is 3. The number of aryl methyl sites for hydroxylation is 1. The first-order chi connectivity index (χ1) is 26.8. The second-order valence-electron chi connectivity index (χ2n) is 15.9. The summed E-state index contributed by atoms with van der Waals surface area (Å²) in [5.74, 6) is -0.888. The zero-order valence-electron chi connectivity index (χ0n) is 32.6. The molecule has 0 atom stereocenters. The Morgan fingerprint density at radius 3 is 2.26 bits per heavy atom. The van der Waals surface area contributed by atoms with Gasteiger partial charge in [-0.25, -0.2) is 9.36 Å². The second-order valence-corrected chi connectivity index (χ2v) is 19.4. The maximum absolute atomic E-state index is 12.1. The Kier molecular flexibility index (Phi) is 12.2. The van der Waals surface area contributed by atoms with E-state index in [-0.39, 0.29) is 22.5 Å². The third kappa shape index (κ3) is 9.50. The number of carboxylic acid groups (broad SMARTS) is 1. The number of halogens is 1. The number of fused-ring (bicyclic) bond motifs is 2. The predicted octanol–water partition coefficient (Wildman–Crippen LogP) is 8.44. The number of benzene rings is 2. The summed E-state index contributed by atoms with van der Waals surface area (Å²) in [4.78, 5) is 19.4. The van der Waals surface area contributed by atoms with E-state index in [1.165, 1.54) is 0 Å². The quantitative estimate of drug-likeness (QED) is 0.0774. The van der Waals surface area contributed by atoms with Crippen LogP contribution >= 0.6 is 11.6 Å². The summed E-state index contributed by atoms with van der Waals surface area (Å²) >= 11 is 6.57. The zero-order chi connectivity index (χ0) is 41.3. The Morgan fingerprint density at radius 2 is 1.56 bits per heavy atom. The molecule has 2 aliphatic heterocycles. The van der Waals surface area contributed by atoms with Crippen LogP contribution in [-0.2, 0) is 37.6 Å². The standard InChI is InChI=1S/C43H48ClN3O8S2/c1-42(2)35-27-33(44)28-46(22-7-9-24-56(50,51)52)40(35)45-37(42)20-18-29-16-17-30(39(29)31-12-11-13-32(26-31)41(48)49)19-21-38-43(3,4)34-14-5-6-15-36(34)47(38)23-8-10-25-57(53,54)55/h5-6,11-15,18-21,26-28H,7-10,16-17,22-25H2,1-4H3,(H2-,48,49,50,51,52,53,54,55)/p+1. The Hall–Kier alpha value is -4.40. The van der Waals surface area contributed by atoms with Crippen LogP contribution in [0.25, 0.3) is 5.57 Å². The van der Waals surface area contributed by atoms with Crippen LogP contribution in [0.15, 0.2) is 107 Å². The minimum atomic E-state index is -4.06. The number of nitrogens with zero attached hydrogens (tertiary/aromatic N) is 3. The van der Waals surface area contributed by atoms with Gasteiger partial charge in [-0.2, -0.15) is 16.8 Å². The minimum Gasteiger partial charge on any atom is -0.478 e. The maximum atomic E-state index is 12.1. The van der Waals surface area contributed by atoms with Crippen molar-refractivity contribution in [2.45, 2.75) is 83.6 Å². The summed E-state index contributed by atoms with van der Waals surface area (Å²) in [6.07, 6.45) is 13.2. The van der Waals surface area contributed by atoms with Gasteiger partial charge in [-0.05, 0) is 122 Å². The number of aliphatic imine (C=N–C) groups is 1. The predicted molar refractivity (Wildman–Crippen MR) is 225 cm³/mol. The maximum Gasteiger partial charge on any atom is 0.335 e. The fraction of sp³-hybridized carbons (Fsp3) is 0.372. The monoisotopic (exact) mass is 834 g/mol. The lowest BCUT2D eigenvalue weighted by molar-refractivity contribution is -0.684. The highest BCUT2D eigenvalue weighted by Crippen LogP contribution is 2.48. The number of aromatic carboxylic acids is 1. The molecule has 0 saturated heterocycles. The van der Waals surface area contributed by atoms with Crippen LogP contribution in [0.2, 0.25) is 5.02 Å². The molecule has 1 aliphatic carbocycles. The van der Waals surface area contributed by atoms with Crippen molar-refractivity contribution in [3.05, 3.63) is 129 Å². The molecule has 1 aromatic heterocycles. The van der Waals surface area contributed by atoms with E-state index in [1.807, 2.05) is 34.9 Å². The van der Waals surface area contributed by atoms with Crippen LogP contribution in [0.5, 0.6) is 0 Å².